The number of amides is 1. The van der Waals surface area contributed by atoms with Gasteiger partial charge in [-0.25, -0.2) is 4.79 Å². The third-order valence-electron chi connectivity index (χ3n) is 4.98. The molecule has 2 rings (SSSR count). The molecule has 1 aliphatic carbocycles. The first-order valence-corrected chi connectivity index (χ1v) is 8.44. The monoisotopic (exact) mass is 296 g/mol. The quantitative estimate of drug-likeness (QED) is 0.845. The van der Waals surface area contributed by atoms with Crippen LogP contribution in [0, 0.1) is 11.3 Å². The van der Waals surface area contributed by atoms with Gasteiger partial charge in [0.25, 0.3) is 0 Å². The summed E-state index contributed by atoms with van der Waals surface area (Å²) in [6.45, 7) is 13.2. The SMILES string of the molecule is CC(C)C1(CNCC2CCCN2C(=O)OC(C)(C)C)CC1. The third-order valence-corrected chi connectivity index (χ3v) is 4.98. The van der Waals surface area contributed by atoms with Crippen LogP contribution in [-0.2, 0) is 4.74 Å². The Bertz CT molecular complexity index is 369. The van der Waals surface area contributed by atoms with Crippen molar-refractivity contribution in [3.05, 3.63) is 0 Å². The molecule has 1 amide bonds. The van der Waals surface area contributed by atoms with Crippen molar-refractivity contribution in [3.8, 4) is 0 Å². The van der Waals surface area contributed by atoms with Crippen LogP contribution >= 0.6 is 0 Å². The van der Waals surface area contributed by atoms with Crippen molar-refractivity contribution in [2.75, 3.05) is 19.6 Å². The zero-order chi connectivity index (χ0) is 15.7. The lowest BCUT2D eigenvalue weighted by atomic mass is 9.92. The Morgan fingerprint density at radius 2 is 2.05 bits per heavy atom. The van der Waals surface area contributed by atoms with Gasteiger partial charge in [-0.15, -0.1) is 0 Å². The minimum absolute atomic E-state index is 0.156. The summed E-state index contributed by atoms with van der Waals surface area (Å²) in [6.07, 6.45) is 4.70. The Kier molecular flexibility index (Phi) is 4.86. The second kappa shape index (κ2) is 6.15. The average molecular weight is 296 g/mol. The van der Waals surface area contributed by atoms with E-state index in [0.29, 0.717) is 11.5 Å². The molecule has 1 saturated heterocycles. The summed E-state index contributed by atoms with van der Waals surface area (Å²) < 4.78 is 5.51. The van der Waals surface area contributed by atoms with Gasteiger partial charge in [-0.1, -0.05) is 13.8 Å². The van der Waals surface area contributed by atoms with E-state index in [-0.39, 0.29) is 6.09 Å². The van der Waals surface area contributed by atoms with Gasteiger partial charge in [0.1, 0.15) is 5.60 Å². The third kappa shape index (κ3) is 4.35. The highest BCUT2D eigenvalue weighted by Gasteiger charge is 2.45. The number of carbonyl (C=O) groups excluding carboxylic acids is 1. The molecule has 1 heterocycles. The largest absolute Gasteiger partial charge is 0.444 e. The second-order valence-electron chi connectivity index (χ2n) is 8.12. The normalized spacial score (nSPS) is 24.5. The van der Waals surface area contributed by atoms with Crippen LogP contribution in [0.4, 0.5) is 4.79 Å². The van der Waals surface area contributed by atoms with Gasteiger partial charge in [-0.05, 0) is 57.8 Å². The van der Waals surface area contributed by atoms with Crippen molar-refractivity contribution in [3.63, 3.8) is 0 Å². The van der Waals surface area contributed by atoms with E-state index in [2.05, 4.69) is 19.2 Å². The Hall–Kier alpha value is -0.770. The fourth-order valence-corrected chi connectivity index (χ4v) is 3.22. The van der Waals surface area contributed by atoms with E-state index in [9.17, 15) is 4.79 Å². The molecule has 21 heavy (non-hydrogen) atoms. The molecular formula is C17H32N2O2. The first-order chi connectivity index (χ1) is 9.73. The highest BCUT2D eigenvalue weighted by molar-refractivity contribution is 5.69. The number of nitrogens with zero attached hydrogens (tertiary/aromatic N) is 1. The van der Waals surface area contributed by atoms with Crippen LogP contribution in [-0.4, -0.2) is 42.3 Å². The number of rotatable bonds is 5. The molecular weight excluding hydrogens is 264 g/mol. The van der Waals surface area contributed by atoms with Crippen LogP contribution in [0.2, 0.25) is 0 Å². The molecule has 0 aromatic carbocycles. The van der Waals surface area contributed by atoms with Gasteiger partial charge in [0.05, 0.1) is 0 Å². The molecule has 0 spiro atoms. The first kappa shape index (κ1) is 16.6. The first-order valence-electron chi connectivity index (χ1n) is 8.44. The molecule has 0 radical (unpaired) electrons. The van der Waals surface area contributed by atoms with Crippen LogP contribution < -0.4 is 5.32 Å². The standard InChI is InChI=1S/C17H32N2O2/c1-13(2)17(8-9-17)12-18-11-14-7-6-10-19(14)15(20)21-16(3,4)5/h13-14,18H,6-12H2,1-5H3. The van der Waals surface area contributed by atoms with Crippen LogP contribution in [0.1, 0.15) is 60.3 Å². The number of ether oxygens (including phenoxy) is 1. The zero-order valence-corrected chi connectivity index (χ0v) is 14.4. The number of hydrogen-bond donors (Lipinski definition) is 1. The van der Waals surface area contributed by atoms with E-state index >= 15 is 0 Å². The summed E-state index contributed by atoms with van der Waals surface area (Å²) in [6, 6.07) is 0.294. The molecule has 2 fully saturated rings. The molecule has 1 unspecified atom stereocenters. The van der Waals surface area contributed by atoms with Gasteiger partial charge in [0.2, 0.25) is 0 Å². The number of carbonyl (C=O) groups is 1. The molecule has 0 aromatic rings. The molecule has 4 nitrogen and oxygen atoms in total. The van der Waals surface area contributed by atoms with E-state index in [1.165, 1.54) is 12.8 Å². The Labute approximate surface area is 129 Å². The minimum Gasteiger partial charge on any atom is -0.444 e. The van der Waals surface area contributed by atoms with Gasteiger partial charge in [-0.3, -0.25) is 0 Å². The lowest BCUT2D eigenvalue weighted by Crippen LogP contribution is -2.45. The van der Waals surface area contributed by atoms with Crippen LogP contribution in [0.5, 0.6) is 0 Å². The maximum absolute atomic E-state index is 12.2. The lowest BCUT2D eigenvalue weighted by molar-refractivity contribution is 0.0225. The molecule has 4 heteroatoms. The highest BCUT2D eigenvalue weighted by atomic mass is 16.6. The van der Waals surface area contributed by atoms with E-state index < -0.39 is 5.60 Å². The van der Waals surface area contributed by atoms with Crippen molar-refractivity contribution in [1.82, 2.24) is 10.2 Å². The summed E-state index contributed by atoms with van der Waals surface area (Å²) in [4.78, 5) is 14.1. The number of nitrogens with one attached hydrogen (secondary N) is 1. The smallest absolute Gasteiger partial charge is 0.410 e. The second-order valence-corrected chi connectivity index (χ2v) is 8.12. The molecule has 1 aliphatic heterocycles. The maximum Gasteiger partial charge on any atom is 0.410 e. The Balaban J connectivity index is 1.78. The molecule has 1 N–H and O–H groups in total. The molecule has 122 valence electrons. The van der Waals surface area contributed by atoms with Crippen LogP contribution in [0.3, 0.4) is 0 Å². The topological polar surface area (TPSA) is 41.6 Å². The highest BCUT2D eigenvalue weighted by Crippen LogP contribution is 2.51. The van der Waals surface area contributed by atoms with E-state index in [1.807, 2.05) is 25.7 Å². The molecule has 1 saturated carbocycles. The predicted molar refractivity (Wildman–Crippen MR) is 85.3 cm³/mol. The zero-order valence-electron chi connectivity index (χ0n) is 14.4. The van der Waals surface area contributed by atoms with Crippen molar-refractivity contribution >= 4 is 6.09 Å². The maximum atomic E-state index is 12.2. The average Bonchev–Trinajstić information content (AvgIpc) is 2.98. The van der Waals surface area contributed by atoms with Crippen molar-refractivity contribution in [2.24, 2.45) is 11.3 Å². The van der Waals surface area contributed by atoms with Crippen LogP contribution in [0.25, 0.3) is 0 Å². The van der Waals surface area contributed by atoms with Crippen LogP contribution in [0.15, 0.2) is 0 Å². The van der Waals surface area contributed by atoms with E-state index in [4.69, 9.17) is 4.74 Å². The summed E-state index contributed by atoms with van der Waals surface area (Å²) in [5, 5.41) is 3.61. The van der Waals surface area contributed by atoms with Gasteiger partial charge >= 0.3 is 6.09 Å². The van der Waals surface area contributed by atoms with E-state index in [1.54, 1.807) is 0 Å². The molecule has 1 atom stereocenters. The molecule has 2 aliphatic rings. The van der Waals surface area contributed by atoms with Crippen molar-refractivity contribution in [2.45, 2.75) is 71.9 Å². The Morgan fingerprint density at radius 3 is 2.57 bits per heavy atom. The number of hydrogen-bond acceptors (Lipinski definition) is 3. The lowest BCUT2D eigenvalue weighted by Gasteiger charge is -2.29. The van der Waals surface area contributed by atoms with Crippen molar-refractivity contribution < 1.29 is 9.53 Å². The summed E-state index contributed by atoms with van der Waals surface area (Å²) in [5.74, 6) is 0.746. The van der Waals surface area contributed by atoms with Gasteiger partial charge < -0.3 is 15.0 Å². The fraction of sp³-hybridized carbons (Fsp3) is 0.941. The van der Waals surface area contributed by atoms with Crippen molar-refractivity contribution in [1.29, 1.82) is 0 Å². The summed E-state index contributed by atoms with van der Waals surface area (Å²) >= 11 is 0. The van der Waals surface area contributed by atoms with Gasteiger partial charge in [0, 0.05) is 25.7 Å². The van der Waals surface area contributed by atoms with Gasteiger partial charge in [-0.2, -0.15) is 0 Å². The van der Waals surface area contributed by atoms with E-state index in [0.717, 1.165) is 38.4 Å². The summed E-state index contributed by atoms with van der Waals surface area (Å²) in [7, 11) is 0. The summed E-state index contributed by atoms with van der Waals surface area (Å²) in [5.41, 5.74) is 0.114. The molecule has 0 bridgehead atoms. The Morgan fingerprint density at radius 1 is 1.38 bits per heavy atom. The van der Waals surface area contributed by atoms with Gasteiger partial charge in [0.15, 0.2) is 0 Å². The predicted octanol–water partition coefficient (Wildman–Crippen LogP) is 3.41. The molecule has 0 aromatic heterocycles. The minimum atomic E-state index is -0.409. The fourth-order valence-electron chi connectivity index (χ4n) is 3.22. The number of likely N-dealkylation sites (tertiary alicyclic amines) is 1.